The third-order valence-corrected chi connectivity index (χ3v) is 4.77. The highest BCUT2D eigenvalue weighted by Gasteiger charge is 2.33. The van der Waals surface area contributed by atoms with Gasteiger partial charge in [0.1, 0.15) is 24.2 Å². The van der Waals surface area contributed by atoms with Crippen LogP contribution in [0, 0.1) is 0 Å². The van der Waals surface area contributed by atoms with Crippen molar-refractivity contribution in [3.63, 3.8) is 0 Å². The Bertz CT molecular complexity index is 944. The molecular weight excluding hydrogens is 318 g/mol. The maximum absolute atomic E-state index is 9.43. The van der Waals surface area contributed by atoms with E-state index < -0.39 is 0 Å². The molecule has 0 radical (unpaired) electrons. The molecular formula is C18H17N5O2. The summed E-state index contributed by atoms with van der Waals surface area (Å²) in [5.41, 5.74) is 2.28. The van der Waals surface area contributed by atoms with E-state index in [4.69, 9.17) is 9.72 Å². The summed E-state index contributed by atoms with van der Waals surface area (Å²) >= 11 is 0. The zero-order chi connectivity index (χ0) is 16.8. The van der Waals surface area contributed by atoms with Gasteiger partial charge >= 0.3 is 0 Å². The molecule has 0 amide bonds. The van der Waals surface area contributed by atoms with Gasteiger partial charge in [0.25, 0.3) is 0 Å². The molecule has 1 aromatic carbocycles. The number of aromatic hydroxyl groups is 1. The molecule has 126 valence electrons. The number of phenolic OH excluding ortho intramolecular Hbond substituents is 1. The fraction of sp³-hybridized carbons (Fsp3) is 0.278. The Morgan fingerprint density at radius 2 is 2.08 bits per heavy atom. The van der Waals surface area contributed by atoms with Gasteiger partial charge in [-0.25, -0.2) is 15.0 Å². The molecule has 1 unspecified atom stereocenters. The van der Waals surface area contributed by atoms with E-state index in [1.54, 1.807) is 24.3 Å². The largest absolute Gasteiger partial charge is 0.508 e. The molecule has 1 atom stereocenters. The van der Waals surface area contributed by atoms with Crippen molar-refractivity contribution in [3.8, 4) is 11.5 Å². The fourth-order valence-electron chi connectivity index (χ4n) is 3.52. The molecule has 1 saturated heterocycles. The number of hydrogen-bond acceptors (Lipinski definition) is 7. The van der Waals surface area contributed by atoms with Crippen LogP contribution in [0.15, 0.2) is 36.7 Å². The predicted octanol–water partition coefficient (Wildman–Crippen LogP) is 2.84. The van der Waals surface area contributed by atoms with Crippen LogP contribution in [-0.4, -0.2) is 39.3 Å². The zero-order valence-corrected chi connectivity index (χ0v) is 13.5. The normalized spacial score (nSPS) is 18.6. The van der Waals surface area contributed by atoms with E-state index in [0.29, 0.717) is 24.0 Å². The number of benzene rings is 1. The number of fused-ring (bicyclic) bond motifs is 4. The minimum Gasteiger partial charge on any atom is -0.508 e. The lowest BCUT2D eigenvalue weighted by molar-refractivity contribution is 0.270. The molecule has 2 N–H and O–H groups in total. The summed E-state index contributed by atoms with van der Waals surface area (Å²) in [7, 11) is 0. The smallest absolute Gasteiger partial charge is 0.172 e. The van der Waals surface area contributed by atoms with E-state index in [0.717, 1.165) is 42.2 Å². The van der Waals surface area contributed by atoms with Crippen molar-refractivity contribution in [2.24, 2.45) is 0 Å². The molecule has 4 heterocycles. The van der Waals surface area contributed by atoms with Crippen molar-refractivity contribution >= 4 is 28.4 Å². The fourth-order valence-corrected chi connectivity index (χ4v) is 3.52. The SMILES string of the molecule is Oc1ccc(Nc2ncnc3cc4c(nc23)N2CCCC2CO4)cc1. The molecule has 2 aromatic heterocycles. The second kappa shape index (κ2) is 5.47. The van der Waals surface area contributed by atoms with Crippen LogP contribution in [-0.2, 0) is 0 Å². The van der Waals surface area contributed by atoms with Crippen molar-refractivity contribution in [3.05, 3.63) is 36.7 Å². The summed E-state index contributed by atoms with van der Waals surface area (Å²) in [6.45, 7) is 1.72. The highest BCUT2D eigenvalue weighted by Crippen LogP contribution is 2.39. The Labute approximate surface area is 144 Å². The summed E-state index contributed by atoms with van der Waals surface area (Å²) in [4.78, 5) is 15.9. The summed E-state index contributed by atoms with van der Waals surface area (Å²) in [5, 5.41) is 12.7. The standard InChI is InChI=1S/C18H17N5O2/c24-13-5-3-11(4-6-13)21-17-16-14(19-10-20-17)8-15-18(22-16)23-7-1-2-12(23)9-25-15/h3-6,8,10,12,24H,1-2,7,9H2,(H,19,20,21). The van der Waals surface area contributed by atoms with Crippen LogP contribution in [0.1, 0.15) is 12.8 Å². The first-order valence-electron chi connectivity index (χ1n) is 8.39. The van der Waals surface area contributed by atoms with Gasteiger partial charge in [-0.2, -0.15) is 0 Å². The summed E-state index contributed by atoms with van der Waals surface area (Å²) in [6, 6.07) is 9.20. The van der Waals surface area contributed by atoms with Gasteiger partial charge in [0.05, 0.1) is 11.6 Å². The van der Waals surface area contributed by atoms with Crippen LogP contribution >= 0.6 is 0 Å². The van der Waals surface area contributed by atoms with Crippen LogP contribution in [0.25, 0.3) is 11.0 Å². The van der Waals surface area contributed by atoms with E-state index in [1.807, 2.05) is 6.07 Å². The molecule has 2 aliphatic heterocycles. The van der Waals surface area contributed by atoms with Gasteiger partial charge in [-0.1, -0.05) is 0 Å². The van der Waals surface area contributed by atoms with Gasteiger partial charge in [-0.15, -0.1) is 0 Å². The summed E-state index contributed by atoms with van der Waals surface area (Å²) in [6.07, 6.45) is 3.82. The predicted molar refractivity (Wildman–Crippen MR) is 94.6 cm³/mol. The number of rotatable bonds is 2. The molecule has 7 heteroatoms. The molecule has 25 heavy (non-hydrogen) atoms. The monoisotopic (exact) mass is 335 g/mol. The van der Waals surface area contributed by atoms with Crippen LogP contribution < -0.4 is 15.0 Å². The first-order chi connectivity index (χ1) is 12.3. The van der Waals surface area contributed by atoms with E-state index in [9.17, 15) is 5.11 Å². The minimum absolute atomic E-state index is 0.225. The van der Waals surface area contributed by atoms with Crippen molar-refractivity contribution in [1.29, 1.82) is 0 Å². The van der Waals surface area contributed by atoms with Crippen LogP contribution in [0.3, 0.4) is 0 Å². The van der Waals surface area contributed by atoms with Crippen LogP contribution in [0.4, 0.5) is 17.3 Å². The molecule has 2 aliphatic rings. The highest BCUT2D eigenvalue weighted by molar-refractivity contribution is 5.90. The molecule has 0 saturated carbocycles. The number of pyridine rings is 1. The molecule has 7 nitrogen and oxygen atoms in total. The average molecular weight is 335 g/mol. The number of ether oxygens (including phenoxy) is 1. The Hall–Kier alpha value is -3.09. The molecule has 0 bridgehead atoms. The number of hydrogen-bond donors (Lipinski definition) is 2. The maximum atomic E-state index is 9.43. The number of phenols is 1. The van der Waals surface area contributed by atoms with Gasteiger partial charge in [0.2, 0.25) is 0 Å². The molecule has 0 aliphatic carbocycles. The minimum atomic E-state index is 0.225. The summed E-state index contributed by atoms with van der Waals surface area (Å²) in [5.74, 6) is 2.53. The summed E-state index contributed by atoms with van der Waals surface area (Å²) < 4.78 is 5.90. The second-order valence-electron chi connectivity index (χ2n) is 6.37. The van der Waals surface area contributed by atoms with Crippen molar-refractivity contribution < 1.29 is 9.84 Å². The molecule has 3 aromatic rings. The van der Waals surface area contributed by atoms with Crippen molar-refractivity contribution in [2.75, 3.05) is 23.4 Å². The van der Waals surface area contributed by atoms with Crippen LogP contribution in [0.5, 0.6) is 11.5 Å². The van der Waals surface area contributed by atoms with E-state index in [-0.39, 0.29) is 5.75 Å². The first-order valence-corrected chi connectivity index (χ1v) is 8.39. The Balaban J connectivity index is 1.60. The first kappa shape index (κ1) is 14.3. The van der Waals surface area contributed by atoms with E-state index in [1.165, 1.54) is 6.33 Å². The topological polar surface area (TPSA) is 83.4 Å². The third-order valence-electron chi connectivity index (χ3n) is 4.77. The van der Waals surface area contributed by atoms with Crippen molar-refractivity contribution in [2.45, 2.75) is 18.9 Å². The lowest BCUT2D eigenvalue weighted by Crippen LogP contribution is -2.38. The zero-order valence-electron chi connectivity index (χ0n) is 13.5. The Morgan fingerprint density at radius 1 is 1.20 bits per heavy atom. The lowest BCUT2D eigenvalue weighted by atomic mass is 10.2. The Kier molecular flexibility index (Phi) is 3.12. The van der Waals surface area contributed by atoms with Gasteiger partial charge < -0.3 is 20.1 Å². The number of nitrogens with one attached hydrogen (secondary N) is 1. The molecule has 5 rings (SSSR count). The highest BCUT2D eigenvalue weighted by atomic mass is 16.5. The van der Waals surface area contributed by atoms with Gasteiger partial charge in [-0.3, -0.25) is 0 Å². The quantitative estimate of drug-likeness (QED) is 0.697. The molecule has 1 fully saturated rings. The van der Waals surface area contributed by atoms with Gasteiger partial charge in [0, 0.05) is 18.3 Å². The lowest BCUT2D eigenvalue weighted by Gasteiger charge is -2.32. The Morgan fingerprint density at radius 3 is 2.96 bits per heavy atom. The van der Waals surface area contributed by atoms with E-state index in [2.05, 4.69) is 20.2 Å². The maximum Gasteiger partial charge on any atom is 0.172 e. The number of nitrogens with zero attached hydrogens (tertiary/aromatic N) is 4. The third kappa shape index (κ3) is 2.39. The van der Waals surface area contributed by atoms with Crippen molar-refractivity contribution in [1.82, 2.24) is 15.0 Å². The van der Waals surface area contributed by atoms with Gasteiger partial charge in [-0.05, 0) is 37.1 Å². The van der Waals surface area contributed by atoms with Crippen LogP contribution in [0.2, 0.25) is 0 Å². The van der Waals surface area contributed by atoms with E-state index >= 15 is 0 Å². The second-order valence-corrected chi connectivity index (χ2v) is 6.37. The number of aromatic nitrogens is 3. The molecule has 0 spiro atoms. The van der Waals surface area contributed by atoms with Gasteiger partial charge in [0.15, 0.2) is 17.4 Å². The number of anilines is 3. The average Bonchev–Trinajstić information content (AvgIpc) is 3.12.